The minimum Gasteiger partial charge on any atom is -0.492 e. The van der Waals surface area contributed by atoms with Crippen LogP contribution >= 0.6 is 11.6 Å². The zero-order valence-electron chi connectivity index (χ0n) is 17.2. The molecular formula is C23H25ClN4O3. The predicted octanol–water partition coefficient (Wildman–Crippen LogP) is 3.51. The first-order valence-corrected chi connectivity index (χ1v) is 11.1. The lowest BCUT2D eigenvalue weighted by atomic mass is 10.2. The van der Waals surface area contributed by atoms with Gasteiger partial charge in [-0.2, -0.15) is 0 Å². The number of fused-ring (bicyclic) bond motifs is 1. The second-order valence-corrected chi connectivity index (χ2v) is 8.33. The van der Waals surface area contributed by atoms with E-state index in [1.54, 1.807) is 16.7 Å². The molecular weight excluding hydrogens is 416 g/mol. The van der Waals surface area contributed by atoms with Crippen molar-refractivity contribution in [1.29, 1.82) is 0 Å². The van der Waals surface area contributed by atoms with E-state index in [2.05, 4.69) is 27.3 Å². The number of morpholine rings is 1. The number of pyridine rings is 1. The number of anilines is 1. The quantitative estimate of drug-likeness (QED) is 0.569. The first kappa shape index (κ1) is 20.2. The molecule has 3 aromatic rings. The minimum atomic E-state index is -0.150. The van der Waals surface area contributed by atoms with Gasteiger partial charge in [-0.3, -0.25) is 9.20 Å². The average molecular weight is 441 g/mol. The highest BCUT2D eigenvalue weighted by Gasteiger charge is 2.32. The summed E-state index contributed by atoms with van der Waals surface area (Å²) in [6.07, 6.45) is 3.89. The van der Waals surface area contributed by atoms with Crippen molar-refractivity contribution >= 4 is 28.8 Å². The number of hydrogen-bond donors (Lipinski definition) is 1. The molecule has 2 aromatic heterocycles. The SMILES string of the molecule is O=C(NCCOc1ccc(N2CCOCC2)cc1)c1c(C2CC2)nc2ccc(Cl)cn12. The topological polar surface area (TPSA) is 68.1 Å². The van der Waals surface area contributed by atoms with Gasteiger partial charge in [0.15, 0.2) is 0 Å². The van der Waals surface area contributed by atoms with Gasteiger partial charge in [0.25, 0.3) is 5.91 Å². The van der Waals surface area contributed by atoms with Gasteiger partial charge in [-0.1, -0.05) is 11.6 Å². The maximum absolute atomic E-state index is 12.9. The zero-order valence-corrected chi connectivity index (χ0v) is 18.0. The Hall–Kier alpha value is -2.77. The number of benzene rings is 1. The zero-order chi connectivity index (χ0) is 21.2. The molecule has 1 aliphatic carbocycles. The molecule has 1 aromatic carbocycles. The molecule has 1 aliphatic heterocycles. The number of halogens is 1. The molecule has 2 aliphatic rings. The van der Waals surface area contributed by atoms with E-state index in [-0.39, 0.29) is 5.91 Å². The number of ether oxygens (including phenoxy) is 2. The van der Waals surface area contributed by atoms with E-state index in [1.165, 1.54) is 5.69 Å². The highest BCUT2D eigenvalue weighted by atomic mass is 35.5. The molecule has 0 radical (unpaired) electrons. The third-order valence-corrected chi connectivity index (χ3v) is 5.88. The molecule has 162 valence electrons. The van der Waals surface area contributed by atoms with Gasteiger partial charge < -0.3 is 19.7 Å². The smallest absolute Gasteiger partial charge is 0.270 e. The van der Waals surface area contributed by atoms with Gasteiger partial charge in [0.1, 0.15) is 23.7 Å². The Morgan fingerprint density at radius 2 is 1.94 bits per heavy atom. The van der Waals surface area contributed by atoms with Gasteiger partial charge in [0.05, 0.1) is 30.5 Å². The van der Waals surface area contributed by atoms with Crippen LogP contribution in [0.2, 0.25) is 5.02 Å². The van der Waals surface area contributed by atoms with E-state index >= 15 is 0 Å². The van der Waals surface area contributed by atoms with Crippen molar-refractivity contribution in [3.63, 3.8) is 0 Å². The molecule has 8 heteroatoms. The van der Waals surface area contributed by atoms with Crippen molar-refractivity contribution < 1.29 is 14.3 Å². The van der Waals surface area contributed by atoms with E-state index in [1.807, 2.05) is 18.2 Å². The summed E-state index contributed by atoms with van der Waals surface area (Å²) in [6, 6.07) is 11.7. The van der Waals surface area contributed by atoms with Crippen molar-refractivity contribution in [3.8, 4) is 5.75 Å². The van der Waals surface area contributed by atoms with Crippen molar-refractivity contribution in [2.75, 3.05) is 44.4 Å². The average Bonchev–Trinajstić information content (AvgIpc) is 3.58. The Kier molecular flexibility index (Phi) is 5.70. The molecule has 31 heavy (non-hydrogen) atoms. The van der Waals surface area contributed by atoms with Crippen LogP contribution in [0.3, 0.4) is 0 Å². The summed E-state index contributed by atoms with van der Waals surface area (Å²) in [5.74, 6) is 0.995. The van der Waals surface area contributed by atoms with Gasteiger partial charge in [0, 0.05) is 30.9 Å². The first-order valence-electron chi connectivity index (χ1n) is 10.7. The normalized spacial score (nSPS) is 16.5. The summed E-state index contributed by atoms with van der Waals surface area (Å²) in [7, 11) is 0. The molecule has 0 atom stereocenters. The van der Waals surface area contributed by atoms with E-state index in [4.69, 9.17) is 21.1 Å². The van der Waals surface area contributed by atoms with Crippen LogP contribution in [0.15, 0.2) is 42.6 Å². The maximum atomic E-state index is 12.9. The lowest BCUT2D eigenvalue weighted by Gasteiger charge is -2.28. The molecule has 1 saturated heterocycles. The van der Waals surface area contributed by atoms with E-state index in [0.717, 1.165) is 56.2 Å². The van der Waals surface area contributed by atoms with Crippen LogP contribution in [-0.2, 0) is 4.74 Å². The molecule has 0 unspecified atom stereocenters. The van der Waals surface area contributed by atoms with Gasteiger partial charge in [0.2, 0.25) is 0 Å². The summed E-state index contributed by atoms with van der Waals surface area (Å²) in [6.45, 7) is 4.13. The fourth-order valence-electron chi connectivity index (χ4n) is 3.90. The van der Waals surface area contributed by atoms with Crippen LogP contribution in [0.1, 0.15) is 34.9 Å². The summed E-state index contributed by atoms with van der Waals surface area (Å²) >= 11 is 6.15. The van der Waals surface area contributed by atoms with Crippen molar-refractivity contribution in [2.24, 2.45) is 0 Å². The molecule has 7 nitrogen and oxygen atoms in total. The summed E-state index contributed by atoms with van der Waals surface area (Å²) in [5.41, 5.74) is 3.35. The summed E-state index contributed by atoms with van der Waals surface area (Å²) in [5, 5.41) is 3.54. The second kappa shape index (κ2) is 8.77. The number of aromatic nitrogens is 2. The number of rotatable bonds is 7. The lowest BCUT2D eigenvalue weighted by Crippen LogP contribution is -2.36. The Labute approximate surface area is 185 Å². The number of imidazole rings is 1. The number of hydrogen-bond acceptors (Lipinski definition) is 5. The summed E-state index contributed by atoms with van der Waals surface area (Å²) in [4.78, 5) is 19.9. The molecule has 2 fully saturated rings. The number of amides is 1. The Morgan fingerprint density at radius 1 is 1.16 bits per heavy atom. The van der Waals surface area contributed by atoms with Gasteiger partial charge in [-0.25, -0.2) is 4.98 Å². The Balaban J connectivity index is 1.18. The molecule has 0 spiro atoms. The molecule has 1 amide bonds. The standard InChI is InChI=1S/C23H25ClN4O3/c24-17-3-8-20-26-21(16-1-2-16)22(28(20)15-17)23(29)25-9-12-31-19-6-4-18(5-7-19)27-10-13-30-14-11-27/h3-8,15-16H,1-2,9-14H2,(H,25,29). The molecule has 1 saturated carbocycles. The van der Waals surface area contributed by atoms with Crippen molar-refractivity contribution in [1.82, 2.24) is 14.7 Å². The van der Waals surface area contributed by atoms with E-state index in [9.17, 15) is 4.79 Å². The number of nitrogens with zero attached hydrogens (tertiary/aromatic N) is 3. The number of carbonyl (C=O) groups is 1. The highest BCUT2D eigenvalue weighted by molar-refractivity contribution is 6.30. The van der Waals surface area contributed by atoms with Crippen molar-refractivity contribution in [2.45, 2.75) is 18.8 Å². The predicted molar refractivity (Wildman–Crippen MR) is 119 cm³/mol. The number of carbonyl (C=O) groups excluding carboxylic acids is 1. The van der Waals surface area contributed by atoms with Gasteiger partial charge >= 0.3 is 0 Å². The van der Waals surface area contributed by atoms with Crippen LogP contribution < -0.4 is 15.0 Å². The first-order chi connectivity index (χ1) is 15.2. The van der Waals surface area contributed by atoms with Crippen LogP contribution in [0.4, 0.5) is 5.69 Å². The van der Waals surface area contributed by atoms with Crippen LogP contribution in [0, 0.1) is 0 Å². The molecule has 1 N–H and O–H groups in total. The Morgan fingerprint density at radius 3 is 2.68 bits per heavy atom. The minimum absolute atomic E-state index is 0.150. The van der Waals surface area contributed by atoms with Crippen molar-refractivity contribution in [3.05, 3.63) is 59.0 Å². The number of nitrogens with one attached hydrogen (secondary N) is 1. The second-order valence-electron chi connectivity index (χ2n) is 7.89. The Bertz CT molecular complexity index is 1070. The van der Waals surface area contributed by atoms with Gasteiger partial charge in [-0.15, -0.1) is 0 Å². The largest absolute Gasteiger partial charge is 0.492 e. The fraction of sp³-hybridized carbons (Fsp3) is 0.391. The van der Waals surface area contributed by atoms with Gasteiger partial charge in [-0.05, 0) is 49.2 Å². The van der Waals surface area contributed by atoms with Crippen LogP contribution in [0.25, 0.3) is 5.65 Å². The van der Waals surface area contributed by atoms with Crippen LogP contribution in [-0.4, -0.2) is 54.7 Å². The maximum Gasteiger partial charge on any atom is 0.270 e. The molecule has 3 heterocycles. The van der Waals surface area contributed by atoms with E-state index < -0.39 is 0 Å². The highest BCUT2D eigenvalue weighted by Crippen LogP contribution is 2.41. The fourth-order valence-corrected chi connectivity index (χ4v) is 4.06. The van der Waals surface area contributed by atoms with Crippen LogP contribution in [0.5, 0.6) is 5.75 Å². The van der Waals surface area contributed by atoms with E-state index in [0.29, 0.717) is 29.8 Å². The monoisotopic (exact) mass is 440 g/mol. The summed E-state index contributed by atoms with van der Waals surface area (Å²) < 4.78 is 13.0. The molecule has 0 bridgehead atoms. The third-order valence-electron chi connectivity index (χ3n) is 5.66. The third kappa shape index (κ3) is 4.48. The lowest BCUT2D eigenvalue weighted by molar-refractivity contribution is 0.0940. The molecule has 5 rings (SSSR count).